The highest BCUT2D eigenvalue weighted by Crippen LogP contribution is 2.21. The van der Waals surface area contributed by atoms with Gasteiger partial charge in [0.05, 0.1) is 6.04 Å². The maximum absolute atomic E-state index is 4.48. The van der Waals surface area contributed by atoms with Gasteiger partial charge in [-0.25, -0.2) is 4.98 Å². The van der Waals surface area contributed by atoms with Gasteiger partial charge in [-0.05, 0) is 31.0 Å². The van der Waals surface area contributed by atoms with Crippen molar-refractivity contribution in [3.05, 3.63) is 59.8 Å². The molecule has 2 nitrogen and oxygen atoms in total. The molecule has 1 aromatic heterocycles. The molecule has 0 fully saturated rings. The normalized spacial score (nSPS) is 12.1. The van der Waals surface area contributed by atoms with Crippen molar-refractivity contribution in [2.24, 2.45) is 0 Å². The Bertz CT molecular complexity index is 465. The Balaban J connectivity index is 2.16. The summed E-state index contributed by atoms with van der Waals surface area (Å²) in [5.41, 5.74) is 2.34. The third-order valence-corrected chi connectivity index (χ3v) is 2.82. The lowest BCUT2D eigenvalue weighted by atomic mass is 10.0. The average Bonchev–Trinajstić information content (AvgIpc) is 2.37. The second kappa shape index (κ2) is 5.48. The van der Waals surface area contributed by atoms with Gasteiger partial charge in [0.2, 0.25) is 0 Å². The van der Waals surface area contributed by atoms with Crippen LogP contribution in [0.4, 0.5) is 5.82 Å². The summed E-state index contributed by atoms with van der Waals surface area (Å²) in [6, 6.07) is 16.9. The standard InChI is InChI=1S/C15H18N2/c1-3-14(13-9-5-4-6-10-13)17-15-11-7-8-12(2)16-15/h4-11,14H,3H2,1-2H3,(H,16,17). The SMILES string of the molecule is CCC(Nc1cccc(C)n1)c1ccccc1. The largest absolute Gasteiger partial charge is 0.363 e. The van der Waals surface area contributed by atoms with Crippen molar-refractivity contribution >= 4 is 5.82 Å². The molecule has 1 heterocycles. The highest BCUT2D eigenvalue weighted by molar-refractivity contribution is 5.39. The van der Waals surface area contributed by atoms with Crippen LogP contribution < -0.4 is 5.32 Å². The van der Waals surface area contributed by atoms with Crippen LogP contribution in [0.5, 0.6) is 0 Å². The second-order valence-corrected chi connectivity index (χ2v) is 4.18. The lowest BCUT2D eigenvalue weighted by Gasteiger charge is -2.18. The molecule has 2 heteroatoms. The van der Waals surface area contributed by atoms with Gasteiger partial charge >= 0.3 is 0 Å². The molecule has 1 unspecified atom stereocenters. The summed E-state index contributed by atoms with van der Waals surface area (Å²) >= 11 is 0. The Hall–Kier alpha value is -1.83. The molecule has 0 spiro atoms. The summed E-state index contributed by atoms with van der Waals surface area (Å²) in [5.74, 6) is 0.945. The molecule has 88 valence electrons. The van der Waals surface area contributed by atoms with Crippen molar-refractivity contribution in [1.29, 1.82) is 0 Å². The first-order valence-electron chi connectivity index (χ1n) is 6.04. The van der Waals surface area contributed by atoms with Gasteiger partial charge in [-0.1, -0.05) is 43.3 Å². The highest BCUT2D eigenvalue weighted by atomic mass is 15.0. The maximum Gasteiger partial charge on any atom is 0.126 e. The van der Waals surface area contributed by atoms with Gasteiger partial charge in [-0.15, -0.1) is 0 Å². The minimum atomic E-state index is 0.325. The van der Waals surface area contributed by atoms with E-state index in [2.05, 4.69) is 41.5 Å². The fourth-order valence-electron chi connectivity index (χ4n) is 1.91. The molecule has 2 rings (SSSR count). The van der Waals surface area contributed by atoms with E-state index in [0.717, 1.165) is 17.9 Å². The average molecular weight is 226 g/mol. The van der Waals surface area contributed by atoms with Crippen LogP contribution in [-0.2, 0) is 0 Å². The van der Waals surface area contributed by atoms with Crippen molar-refractivity contribution in [2.75, 3.05) is 5.32 Å². The summed E-state index contributed by atoms with van der Waals surface area (Å²) in [7, 11) is 0. The smallest absolute Gasteiger partial charge is 0.126 e. The van der Waals surface area contributed by atoms with E-state index >= 15 is 0 Å². The Labute approximate surface area is 103 Å². The number of pyridine rings is 1. The summed E-state index contributed by atoms with van der Waals surface area (Å²) < 4.78 is 0. The zero-order valence-corrected chi connectivity index (χ0v) is 10.4. The third kappa shape index (κ3) is 3.06. The maximum atomic E-state index is 4.48. The number of benzene rings is 1. The quantitative estimate of drug-likeness (QED) is 0.853. The van der Waals surface area contributed by atoms with Crippen LogP contribution >= 0.6 is 0 Å². The van der Waals surface area contributed by atoms with Crippen molar-refractivity contribution in [1.82, 2.24) is 4.98 Å². The number of rotatable bonds is 4. The van der Waals surface area contributed by atoms with Crippen molar-refractivity contribution < 1.29 is 0 Å². The van der Waals surface area contributed by atoms with Crippen molar-refractivity contribution in [2.45, 2.75) is 26.3 Å². The molecule has 1 aromatic carbocycles. The minimum absolute atomic E-state index is 0.325. The molecule has 0 amide bonds. The monoisotopic (exact) mass is 226 g/mol. The zero-order chi connectivity index (χ0) is 12.1. The molecule has 0 radical (unpaired) electrons. The molecule has 17 heavy (non-hydrogen) atoms. The molecule has 2 aromatic rings. The molecule has 0 saturated heterocycles. The molecule has 0 aliphatic heterocycles. The Morgan fingerprint density at radius 3 is 2.47 bits per heavy atom. The first kappa shape index (κ1) is 11.6. The Morgan fingerprint density at radius 1 is 1.06 bits per heavy atom. The zero-order valence-electron chi connectivity index (χ0n) is 10.4. The first-order valence-corrected chi connectivity index (χ1v) is 6.04. The molecule has 0 saturated carbocycles. The van der Waals surface area contributed by atoms with E-state index in [4.69, 9.17) is 0 Å². The van der Waals surface area contributed by atoms with E-state index < -0.39 is 0 Å². The first-order chi connectivity index (χ1) is 8.29. The van der Waals surface area contributed by atoms with Gasteiger partial charge < -0.3 is 5.32 Å². The molecule has 0 aliphatic rings. The molecule has 0 bridgehead atoms. The second-order valence-electron chi connectivity index (χ2n) is 4.18. The molecular weight excluding hydrogens is 208 g/mol. The lowest BCUT2D eigenvalue weighted by molar-refractivity contribution is 0.744. The van der Waals surface area contributed by atoms with Crippen LogP contribution in [-0.4, -0.2) is 4.98 Å². The third-order valence-electron chi connectivity index (χ3n) is 2.82. The van der Waals surface area contributed by atoms with Crippen LogP contribution in [0.25, 0.3) is 0 Å². The molecular formula is C15H18N2. The van der Waals surface area contributed by atoms with Crippen LogP contribution in [0.2, 0.25) is 0 Å². The Kier molecular flexibility index (Phi) is 3.76. The van der Waals surface area contributed by atoms with Crippen LogP contribution in [0, 0.1) is 6.92 Å². The summed E-state index contributed by atoms with van der Waals surface area (Å²) in [5, 5.41) is 3.47. The van der Waals surface area contributed by atoms with Gasteiger partial charge in [0.1, 0.15) is 5.82 Å². The molecule has 0 aliphatic carbocycles. The summed E-state index contributed by atoms with van der Waals surface area (Å²) in [6.45, 7) is 4.19. The van der Waals surface area contributed by atoms with E-state index in [9.17, 15) is 0 Å². The fraction of sp³-hybridized carbons (Fsp3) is 0.267. The van der Waals surface area contributed by atoms with E-state index in [1.54, 1.807) is 0 Å². The molecule has 1 atom stereocenters. The van der Waals surface area contributed by atoms with E-state index in [0.29, 0.717) is 6.04 Å². The topological polar surface area (TPSA) is 24.9 Å². The van der Waals surface area contributed by atoms with Crippen LogP contribution in [0.15, 0.2) is 48.5 Å². The number of aryl methyl sites for hydroxylation is 1. The molecule has 1 N–H and O–H groups in total. The van der Waals surface area contributed by atoms with Crippen LogP contribution in [0.3, 0.4) is 0 Å². The number of hydrogen-bond acceptors (Lipinski definition) is 2. The number of hydrogen-bond donors (Lipinski definition) is 1. The summed E-state index contributed by atoms with van der Waals surface area (Å²) in [4.78, 5) is 4.48. The fourth-order valence-corrected chi connectivity index (χ4v) is 1.91. The van der Waals surface area contributed by atoms with E-state index in [1.165, 1.54) is 5.56 Å². The highest BCUT2D eigenvalue weighted by Gasteiger charge is 2.08. The van der Waals surface area contributed by atoms with Gasteiger partial charge in [0, 0.05) is 5.69 Å². The number of anilines is 1. The van der Waals surface area contributed by atoms with Crippen molar-refractivity contribution in [3.63, 3.8) is 0 Å². The van der Waals surface area contributed by atoms with Gasteiger partial charge in [0.15, 0.2) is 0 Å². The van der Waals surface area contributed by atoms with Crippen LogP contribution in [0.1, 0.15) is 30.6 Å². The van der Waals surface area contributed by atoms with Gasteiger partial charge in [-0.3, -0.25) is 0 Å². The number of nitrogens with one attached hydrogen (secondary N) is 1. The predicted octanol–water partition coefficient (Wildman–Crippen LogP) is 3.95. The van der Waals surface area contributed by atoms with Gasteiger partial charge in [-0.2, -0.15) is 0 Å². The van der Waals surface area contributed by atoms with E-state index in [-0.39, 0.29) is 0 Å². The van der Waals surface area contributed by atoms with Crippen molar-refractivity contribution in [3.8, 4) is 0 Å². The minimum Gasteiger partial charge on any atom is -0.363 e. The number of nitrogens with zero attached hydrogens (tertiary/aromatic N) is 1. The summed E-state index contributed by atoms with van der Waals surface area (Å²) in [6.07, 6.45) is 1.04. The lowest BCUT2D eigenvalue weighted by Crippen LogP contribution is -2.10. The predicted molar refractivity (Wildman–Crippen MR) is 72.1 cm³/mol. The Morgan fingerprint density at radius 2 is 1.82 bits per heavy atom. The van der Waals surface area contributed by atoms with Gasteiger partial charge in [0.25, 0.3) is 0 Å². The number of aromatic nitrogens is 1. The van der Waals surface area contributed by atoms with E-state index in [1.807, 2.05) is 31.2 Å².